The van der Waals surface area contributed by atoms with Crippen molar-refractivity contribution in [1.29, 1.82) is 0 Å². The number of rotatable bonds is 4. The molecule has 0 atom stereocenters. The van der Waals surface area contributed by atoms with Crippen LogP contribution in [0.5, 0.6) is 0 Å². The minimum atomic E-state index is -3.67. The lowest BCUT2D eigenvalue weighted by molar-refractivity contribution is 0.393. The van der Waals surface area contributed by atoms with Gasteiger partial charge in [-0.1, -0.05) is 23.4 Å². The minimum Gasteiger partial charge on any atom is -0.361 e. The summed E-state index contributed by atoms with van der Waals surface area (Å²) in [4.78, 5) is 0.190. The number of sulfonamides is 1. The molecule has 0 fully saturated rings. The highest BCUT2D eigenvalue weighted by molar-refractivity contribution is 9.10. The highest BCUT2D eigenvalue weighted by Crippen LogP contribution is 2.29. The van der Waals surface area contributed by atoms with Gasteiger partial charge in [0.2, 0.25) is 0 Å². The molecule has 25 heavy (non-hydrogen) atoms. The highest BCUT2D eigenvalue weighted by Gasteiger charge is 2.17. The van der Waals surface area contributed by atoms with Gasteiger partial charge in [0, 0.05) is 10.0 Å². The van der Waals surface area contributed by atoms with Crippen LogP contribution in [0.3, 0.4) is 0 Å². The van der Waals surface area contributed by atoms with Crippen LogP contribution in [0.15, 0.2) is 56.4 Å². The maximum atomic E-state index is 12.6. The molecule has 0 amide bonds. The van der Waals surface area contributed by atoms with Crippen LogP contribution in [0.1, 0.15) is 17.0 Å². The van der Waals surface area contributed by atoms with Crippen molar-refractivity contribution in [1.82, 2.24) is 5.16 Å². The van der Waals surface area contributed by atoms with Crippen LogP contribution in [0.4, 0.5) is 5.69 Å². The van der Waals surface area contributed by atoms with Gasteiger partial charge in [0.15, 0.2) is 0 Å². The van der Waals surface area contributed by atoms with Crippen molar-refractivity contribution < 1.29 is 12.9 Å². The van der Waals surface area contributed by atoms with Crippen molar-refractivity contribution in [3.8, 4) is 11.1 Å². The molecule has 0 radical (unpaired) electrons. The monoisotopic (exact) mass is 420 g/mol. The third-order valence-corrected chi connectivity index (χ3v) is 5.89. The first kappa shape index (κ1) is 17.7. The van der Waals surface area contributed by atoms with Gasteiger partial charge in [0.05, 0.1) is 16.3 Å². The van der Waals surface area contributed by atoms with E-state index in [-0.39, 0.29) is 4.90 Å². The summed E-state index contributed by atoms with van der Waals surface area (Å²) in [6.45, 7) is 5.62. The topological polar surface area (TPSA) is 72.2 Å². The molecule has 3 rings (SSSR count). The third-order valence-electron chi connectivity index (χ3n) is 3.86. The van der Waals surface area contributed by atoms with E-state index < -0.39 is 10.0 Å². The summed E-state index contributed by atoms with van der Waals surface area (Å²) >= 11 is 3.38. The van der Waals surface area contributed by atoms with Crippen LogP contribution in [-0.4, -0.2) is 13.6 Å². The number of nitrogens with zero attached hydrogens (tertiary/aromatic N) is 1. The van der Waals surface area contributed by atoms with Crippen LogP contribution in [-0.2, 0) is 10.0 Å². The highest BCUT2D eigenvalue weighted by atomic mass is 79.9. The maximum Gasteiger partial charge on any atom is 0.261 e. The Bertz CT molecular complexity index is 1010. The van der Waals surface area contributed by atoms with Crippen molar-refractivity contribution in [3.63, 3.8) is 0 Å². The van der Waals surface area contributed by atoms with Gasteiger partial charge < -0.3 is 4.52 Å². The molecule has 130 valence electrons. The molecule has 1 aromatic heterocycles. The molecule has 0 saturated carbocycles. The number of nitrogens with one attached hydrogen (secondary N) is 1. The first-order valence-corrected chi connectivity index (χ1v) is 9.88. The van der Waals surface area contributed by atoms with E-state index in [4.69, 9.17) is 4.52 Å². The predicted octanol–water partition coefficient (Wildman–Crippen LogP) is 4.83. The quantitative estimate of drug-likeness (QED) is 0.655. The van der Waals surface area contributed by atoms with E-state index in [0.717, 1.165) is 22.4 Å². The van der Waals surface area contributed by atoms with Crippen molar-refractivity contribution in [2.45, 2.75) is 25.7 Å². The molecule has 3 aromatic rings. The van der Waals surface area contributed by atoms with Crippen molar-refractivity contribution in [2.75, 3.05) is 4.72 Å². The zero-order valence-electron chi connectivity index (χ0n) is 14.0. The standard InChI is InChI=1S/C18H17BrN2O3S/c1-11-4-9-17(16(19)10-11)21-25(22,23)15-7-5-14(6-8-15)18-12(2)20-24-13(18)3/h4-10,21H,1-3H3. The molecule has 0 unspecified atom stereocenters. The zero-order valence-corrected chi connectivity index (χ0v) is 16.4. The van der Waals surface area contributed by atoms with Gasteiger partial charge in [-0.05, 0) is 72.1 Å². The maximum absolute atomic E-state index is 12.6. The number of halogens is 1. The number of benzene rings is 2. The molecule has 0 aliphatic rings. The lowest BCUT2D eigenvalue weighted by atomic mass is 10.0. The van der Waals surface area contributed by atoms with Crippen molar-refractivity contribution >= 4 is 31.6 Å². The number of anilines is 1. The Morgan fingerprint density at radius 1 is 1.04 bits per heavy atom. The van der Waals surface area contributed by atoms with E-state index in [1.165, 1.54) is 0 Å². The van der Waals surface area contributed by atoms with E-state index in [9.17, 15) is 8.42 Å². The molecule has 5 nitrogen and oxygen atoms in total. The molecule has 7 heteroatoms. The second kappa shape index (κ2) is 6.65. The second-order valence-electron chi connectivity index (χ2n) is 5.81. The van der Waals surface area contributed by atoms with E-state index in [1.807, 2.05) is 32.9 Å². The van der Waals surface area contributed by atoms with Crippen LogP contribution < -0.4 is 4.72 Å². The van der Waals surface area contributed by atoms with E-state index in [2.05, 4.69) is 25.8 Å². The van der Waals surface area contributed by atoms with Gasteiger partial charge >= 0.3 is 0 Å². The van der Waals surface area contributed by atoms with Crippen molar-refractivity contribution in [3.05, 3.63) is 64.0 Å². The molecule has 0 saturated heterocycles. The normalized spacial score (nSPS) is 11.5. The largest absolute Gasteiger partial charge is 0.361 e. The molecule has 0 bridgehead atoms. The zero-order chi connectivity index (χ0) is 18.2. The summed E-state index contributed by atoms with van der Waals surface area (Å²) in [7, 11) is -3.67. The molecule has 0 spiro atoms. The summed E-state index contributed by atoms with van der Waals surface area (Å²) in [5.74, 6) is 0.704. The Balaban J connectivity index is 1.91. The van der Waals surface area contributed by atoms with Crippen LogP contribution in [0.2, 0.25) is 0 Å². The first-order valence-electron chi connectivity index (χ1n) is 7.60. The van der Waals surface area contributed by atoms with Gasteiger partial charge in [0.25, 0.3) is 10.0 Å². The Morgan fingerprint density at radius 3 is 2.28 bits per heavy atom. The summed E-state index contributed by atoms with van der Waals surface area (Å²) in [5, 5.41) is 3.93. The predicted molar refractivity (Wildman–Crippen MR) is 101 cm³/mol. The fourth-order valence-corrected chi connectivity index (χ4v) is 4.41. The van der Waals surface area contributed by atoms with Crippen LogP contribution in [0.25, 0.3) is 11.1 Å². The molecular weight excluding hydrogens is 404 g/mol. The average molecular weight is 421 g/mol. The SMILES string of the molecule is Cc1ccc(NS(=O)(=O)c2ccc(-c3c(C)noc3C)cc2)c(Br)c1. The summed E-state index contributed by atoms with van der Waals surface area (Å²) in [6, 6.07) is 12.1. The number of hydrogen-bond donors (Lipinski definition) is 1. The van der Waals surface area contributed by atoms with Gasteiger partial charge in [-0.25, -0.2) is 8.42 Å². The van der Waals surface area contributed by atoms with Crippen LogP contribution >= 0.6 is 15.9 Å². The Labute approximate surface area is 155 Å². The first-order chi connectivity index (χ1) is 11.8. The summed E-state index contributed by atoms with van der Waals surface area (Å²) < 4.78 is 33.7. The molecule has 2 aromatic carbocycles. The molecule has 0 aliphatic heterocycles. The average Bonchev–Trinajstić information content (AvgIpc) is 2.89. The molecule has 0 aliphatic carbocycles. The number of aryl methyl sites for hydroxylation is 3. The van der Waals surface area contributed by atoms with E-state index in [1.54, 1.807) is 30.3 Å². The molecule has 1 heterocycles. The molecular formula is C18H17BrN2O3S. The summed E-state index contributed by atoms with van der Waals surface area (Å²) in [6.07, 6.45) is 0. The fraction of sp³-hybridized carbons (Fsp3) is 0.167. The lowest BCUT2D eigenvalue weighted by Gasteiger charge is -2.11. The van der Waals surface area contributed by atoms with Gasteiger partial charge in [-0.2, -0.15) is 0 Å². The Morgan fingerprint density at radius 2 is 1.72 bits per heavy atom. The summed E-state index contributed by atoms with van der Waals surface area (Å²) in [5.41, 5.74) is 4.07. The van der Waals surface area contributed by atoms with E-state index >= 15 is 0 Å². The van der Waals surface area contributed by atoms with Crippen LogP contribution in [0, 0.1) is 20.8 Å². The third kappa shape index (κ3) is 3.62. The van der Waals surface area contributed by atoms with E-state index in [0.29, 0.717) is 15.9 Å². The smallest absolute Gasteiger partial charge is 0.261 e. The Kier molecular flexibility index (Phi) is 4.71. The van der Waals surface area contributed by atoms with Gasteiger partial charge in [-0.15, -0.1) is 0 Å². The number of aromatic nitrogens is 1. The van der Waals surface area contributed by atoms with Gasteiger partial charge in [-0.3, -0.25) is 4.72 Å². The Hall–Kier alpha value is -2.12. The molecule has 1 N–H and O–H groups in total. The minimum absolute atomic E-state index is 0.190. The fourth-order valence-electron chi connectivity index (χ4n) is 2.60. The lowest BCUT2D eigenvalue weighted by Crippen LogP contribution is -2.13. The number of hydrogen-bond acceptors (Lipinski definition) is 4. The van der Waals surface area contributed by atoms with Crippen molar-refractivity contribution in [2.24, 2.45) is 0 Å². The second-order valence-corrected chi connectivity index (χ2v) is 8.35. The van der Waals surface area contributed by atoms with Gasteiger partial charge in [0.1, 0.15) is 5.76 Å².